The van der Waals surface area contributed by atoms with Gasteiger partial charge in [0, 0.05) is 66.8 Å². The number of aromatic hydroxyl groups is 1. The quantitative estimate of drug-likeness (QED) is 0.0692. The first-order valence-electron chi connectivity index (χ1n) is 16.8. The average Bonchev–Trinajstić information content (AvgIpc) is 3.74. The van der Waals surface area contributed by atoms with E-state index >= 15 is 0 Å². The number of phenolic OH excluding ortho intramolecular Hbond substituents is 1. The number of benzene rings is 4. The van der Waals surface area contributed by atoms with Gasteiger partial charge in [0.25, 0.3) is 0 Å². The third-order valence-corrected chi connectivity index (χ3v) is 9.29. The van der Waals surface area contributed by atoms with Gasteiger partial charge in [-0.15, -0.1) is 15.3 Å². The Kier molecular flexibility index (Phi) is 14.6. The Labute approximate surface area is 338 Å². The standard InChI is InChI=1S/C18H16ClF3N5O3S.C17H17F2N5O.Cu/c1-3-27(4-2)12-6-8-13(15(10-12)26-31(28,29)18(20,21)22)24-25-17-23-14-7-5-11(19)9-16(14)30-17;1-3-24(4-2)10-5-6-13(16(25)7-10)22-23-17-20-14-8-11(18)12(19)9-15(14)21-17;/h5-10H,3-4H2,1-2H3;5-9,25H,3-4H2,1-2H3,(H,20,21);/q-1;;+1. The van der Waals surface area contributed by atoms with Crippen LogP contribution in [0.3, 0.4) is 0 Å². The van der Waals surface area contributed by atoms with Crippen LogP contribution in [0.15, 0.2) is 91.6 Å². The van der Waals surface area contributed by atoms with Crippen molar-refractivity contribution in [2.45, 2.75) is 33.2 Å². The Hall–Kier alpha value is -5.37. The second-order valence-corrected chi connectivity index (χ2v) is 13.6. The maximum absolute atomic E-state index is 13.2. The van der Waals surface area contributed by atoms with Gasteiger partial charge in [0.1, 0.15) is 17.0 Å². The fourth-order valence-electron chi connectivity index (χ4n) is 5.18. The zero-order chi connectivity index (χ0) is 40.8. The molecule has 306 valence electrons. The summed E-state index contributed by atoms with van der Waals surface area (Å²) in [4.78, 5) is 14.7. The molecule has 6 rings (SSSR count). The molecule has 0 aliphatic heterocycles. The number of phenols is 1. The van der Waals surface area contributed by atoms with Gasteiger partial charge in [-0.3, -0.25) is 0 Å². The summed E-state index contributed by atoms with van der Waals surface area (Å²) in [6.45, 7) is 10.5. The zero-order valence-corrected chi connectivity index (χ0v) is 32.9. The topological polar surface area (TPSA) is 179 Å². The molecule has 57 heavy (non-hydrogen) atoms. The molecule has 2 aromatic heterocycles. The predicted molar refractivity (Wildman–Crippen MR) is 203 cm³/mol. The van der Waals surface area contributed by atoms with E-state index in [1.165, 1.54) is 18.2 Å². The number of halogens is 6. The number of anilines is 2. The summed E-state index contributed by atoms with van der Waals surface area (Å²) in [5.74, 6) is -1.87. The first-order chi connectivity index (χ1) is 26.5. The van der Waals surface area contributed by atoms with Crippen LogP contribution in [0.2, 0.25) is 5.02 Å². The van der Waals surface area contributed by atoms with Gasteiger partial charge in [-0.2, -0.15) is 18.2 Å². The molecule has 4 aromatic carbocycles. The first kappa shape index (κ1) is 44.3. The van der Waals surface area contributed by atoms with Gasteiger partial charge in [-0.05, 0) is 64.1 Å². The third kappa shape index (κ3) is 10.7. The molecule has 0 fully saturated rings. The number of H-pyrrole nitrogens is 1. The van der Waals surface area contributed by atoms with Crippen molar-refractivity contribution in [3.8, 4) is 5.75 Å². The predicted octanol–water partition coefficient (Wildman–Crippen LogP) is 11.4. The van der Waals surface area contributed by atoms with Crippen molar-refractivity contribution >= 4 is 84.2 Å². The number of nitrogens with zero attached hydrogens (tertiary/aromatic N) is 9. The van der Waals surface area contributed by atoms with Crippen molar-refractivity contribution in [1.29, 1.82) is 0 Å². The van der Waals surface area contributed by atoms with Crippen LogP contribution in [0.5, 0.6) is 5.75 Å². The SMILES string of the molecule is CCN(CC)c1ccc(N=Nc2nc3cc(F)c(F)cc3[nH]2)c(O)c1.CCN(CC)c1ccc(N=Nc2nc3ccc(Cl)cc3o2)c([N-]S(=O)(=O)C(F)(F)F)c1.[Cu+]. The minimum Gasteiger partial charge on any atom is -0.568 e. The van der Waals surface area contributed by atoms with Gasteiger partial charge in [-0.1, -0.05) is 28.5 Å². The molecule has 6 aromatic rings. The Bertz CT molecular complexity index is 2470. The molecule has 0 atom stereocenters. The Balaban J connectivity index is 0.000000254. The van der Waals surface area contributed by atoms with Gasteiger partial charge < -0.3 is 29.0 Å². The molecule has 0 aliphatic rings. The van der Waals surface area contributed by atoms with Crippen molar-refractivity contribution in [2.24, 2.45) is 20.5 Å². The maximum Gasteiger partial charge on any atom is 1.00 e. The molecule has 2 heterocycles. The Morgan fingerprint density at radius 2 is 1.39 bits per heavy atom. The molecule has 0 radical (unpaired) electrons. The number of oxazole rings is 1. The van der Waals surface area contributed by atoms with Crippen LogP contribution in [0.4, 0.5) is 62.4 Å². The fourth-order valence-corrected chi connectivity index (χ4v) is 5.85. The summed E-state index contributed by atoms with van der Waals surface area (Å²) in [7, 11) is -5.79. The number of imidazole rings is 1. The molecule has 2 N–H and O–H groups in total. The van der Waals surface area contributed by atoms with Crippen LogP contribution < -0.4 is 9.80 Å². The smallest absolute Gasteiger partial charge is 0.568 e. The second-order valence-electron chi connectivity index (χ2n) is 11.6. The van der Waals surface area contributed by atoms with Gasteiger partial charge in [0.05, 0.1) is 16.7 Å². The molecule has 0 amide bonds. The van der Waals surface area contributed by atoms with Gasteiger partial charge >= 0.3 is 28.6 Å². The van der Waals surface area contributed by atoms with E-state index in [0.29, 0.717) is 40.4 Å². The van der Waals surface area contributed by atoms with Gasteiger partial charge in [-0.25, -0.2) is 22.2 Å². The van der Waals surface area contributed by atoms with Crippen molar-refractivity contribution in [3.05, 3.63) is 88.1 Å². The van der Waals surface area contributed by atoms with Crippen LogP contribution in [-0.4, -0.2) is 60.2 Å². The summed E-state index contributed by atoms with van der Waals surface area (Å²) in [6, 6.07) is 15.7. The Morgan fingerprint density at radius 3 is 2.00 bits per heavy atom. The molecule has 0 saturated carbocycles. The summed E-state index contributed by atoms with van der Waals surface area (Å²) in [6.07, 6.45) is 0. The molecule has 0 unspecified atom stereocenters. The van der Waals surface area contributed by atoms with E-state index in [-0.39, 0.29) is 51.7 Å². The minimum atomic E-state index is -5.79. The molecular formula is C35H33ClCuF5N10O4S. The van der Waals surface area contributed by atoms with E-state index in [0.717, 1.165) is 30.9 Å². The number of aromatic nitrogens is 3. The summed E-state index contributed by atoms with van der Waals surface area (Å²) < 4.78 is 96.5. The van der Waals surface area contributed by atoms with E-state index in [4.69, 9.17) is 16.0 Å². The van der Waals surface area contributed by atoms with Crippen LogP contribution in [0.1, 0.15) is 27.7 Å². The number of aromatic amines is 1. The third-order valence-electron chi connectivity index (χ3n) is 8.03. The normalized spacial score (nSPS) is 11.9. The van der Waals surface area contributed by atoms with Crippen LogP contribution in [-0.2, 0) is 27.1 Å². The molecule has 0 aliphatic carbocycles. The molecule has 14 nitrogen and oxygen atoms in total. The van der Waals surface area contributed by atoms with E-state index < -0.39 is 32.9 Å². The monoisotopic (exact) mass is 882 g/mol. The van der Waals surface area contributed by atoms with Gasteiger partial charge in [0.15, 0.2) is 27.2 Å². The number of nitrogens with one attached hydrogen (secondary N) is 1. The molecule has 0 spiro atoms. The van der Waals surface area contributed by atoms with E-state index in [9.17, 15) is 35.5 Å². The van der Waals surface area contributed by atoms with Crippen molar-refractivity contribution in [2.75, 3.05) is 36.0 Å². The minimum absolute atomic E-state index is 0. The van der Waals surface area contributed by atoms with Gasteiger partial charge in [0.2, 0.25) is 5.95 Å². The number of hydrogen-bond acceptors (Lipinski definition) is 12. The van der Waals surface area contributed by atoms with Crippen LogP contribution in [0, 0.1) is 11.6 Å². The van der Waals surface area contributed by atoms with E-state index in [1.54, 1.807) is 30.3 Å². The van der Waals surface area contributed by atoms with Crippen molar-refractivity contribution in [1.82, 2.24) is 15.0 Å². The first-order valence-corrected chi connectivity index (χ1v) is 18.6. The number of fused-ring (bicyclic) bond motifs is 2. The number of azo groups is 2. The average molecular weight is 884 g/mol. The molecule has 0 saturated heterocycles. The zero-order valence-electron chi connectivity index (χ0n) is 30.4. The number of hydrogen-bond donors (Lipinski definition) is 2. The summed E-state index contributed by atoms with van der Waals surface area (Å²) >= 11 is 5.88. The van der Waals surface area contributed by atoms with Crippen LogP contribution in [0.25, 0.3) is 26.9 Å². The Morgan fingerprint density at radius 1 is 0.789 bits per heavy atom. The number of alkyl halides is 3. The van der Waals surface area contributed by atoms with Crippen molar-refractivity contribution < 1.29 is 57.0 Å². The molecule has 22 heteroatoms. The molecular weight excluding hydrogens is 851 g/mol. The number of sulfonamides is 1. The van der Waals surface area contributed by atoms with Crippen molar-refractivity contribution in [3.63, 3.8) is 0 Å². The summed E-state index contributed by atoms with van der Waals surface area (Å²) in [5.41, 5.74) is -3.28. The molecule has 0 bridgehead atoms. The van der Waals surface area contributed by atoms with E-state index in [2.05, 4.69) is 45.0 Å². The van der Waals surface area contributed by atoms with Crippen LogP contribution >= 0.6 is 11.6 Å². The second kappa shape index (κ2) is 18.7. The summed E-state index contributed by atoms with van der Waals surface area (Å²) in [5, 5.41) is 25.9. The number of rotatable bonds is 12. The maximum atomic E-state index is 13.2. The fraction of sp³-hybridized carbons (Fsp3) is 0.257. The van der Waals surface area contributed by atoms with E-state index in [1.807, 2.05) is 38.7 Å². The largest absolute Gasteiger partial charge is 1.00 e.